The molecule has 2 aromatic rings. The predicted molar refractivity (Wildman–Crippen MR) is 110 cm³/mol. The van der Waals surface area contributed by atoms with E-state index in [2.05, 4.69) is 4.90 Å². The third kappa shape index (κ3) is 4.84. The van der Waals surface area contributed by atoms with Gasteiger partial charge in [0.05, 0.1) is 15.6 Å². The number of halogens is 3. The second kappa shape index (κ2) is 8.78. The van der Waals surface area contributed by atoms with E-state index in [1.165, 1.54) is 18.2 Å². The molecule has 150 valence electrons. The van der Waals surface area contributed by atoms with Crippen molar-refractivity contribution in [1.29, 1.82) is 0 Å². The minimum atomic E-state index is -0.914. The SMILES string of the molecule is Nc1cc(F)ccc1C(=O)CCCN1CCC(O)(c2ccc(Cl)c(Cl)c2)CC1. The second-order valence-electron chi connectivity index (χ2n) is 7.26. The van der Waals surface area contributed by atoms with E-state index in [1.807, 2.05) is 6.07 Å². The lowest BCUT2D eigenvalue weighted by Crippen LogP contribution is -2.42. The van der Waals surface area contributed by atoms with Crippen LogP contribution < -0.4 is 5.73 Å². The van der Waals surface area contributed by atoms with E-state index < -0.39 is 11.4 Å². The number of ketones is 1. The fourth-order valence-corrected chi connectivity index (χ4v) is 3.90. The lowest BCUT2D eigenvalue weighted by molar-refractivity contribution is -0.0260. The number of aliphatic hydroxyl groups is 1. The summed E-state index contributed by atoms with van der Waals surface area (Å²) >= 11 is 12.0. The van der Waals surface area contributed by atoms with Crippen LogP contribution in [0.15, 0.2) is 36.4 Å². The lowest BCUT2D eigenvalue weighted by atomic mass is 9.84. The normalized spacial score (nSPS) is 16.9. The molecular formula is C21H23Cl2FN2O2. The number of hydrogen-bond donors (Lipinski definition) is 2. The summed E-state index contributed by atoms with van der Waals surface area (Å²) in [5, 5.41) is 11.9. The number of rotatable bonds is 6. The van der Waals surface area contributed by atoms with Gasteiger partial charge in [0, 0.05) is 30.8 Å². The van der Waals surface area contributed by atoms with Gasteiger partial charge in [0.15, 0.2) is 5.78 Å². The molecule has 1 fully saturated rings. The molecule has 0 aromatic heterocycles. The lowest BCUT2D eigenvalue weighted by Gasteiger charge is -2.38. The molecular weight excluding hydrogens is 402 g/mol. The highest BCUT2D eigenvalue weighted by Gasteiger charge is 2.34. The summed E-state index contributed by atoms with van der Waals surface area (Å²) in [5.74, 6) is -0.529. The highest BCUT2D eigenvalue weighted by Crippen LogP contribution is 2.35. The van der Waals surface area contributed by atoms with Gasteiger partial charge in [-0.25, -0.2) is 4.39 Å². The van der Waals surface area contributed by atoms with Crippen molar-refractivity contribution < 1.29 is 14.3 Å². The summed E-state index contributed by atoms with van der Waals surface area (Å²) in [6.45, 7) is 2.21. The Bertz CT molecular complexity index is 867. The van der Waals surface area contributed by atoms with Gasteiger partial charge >= 0.3 is 0 Å². The second-order valence-corrected chi connectivity index (χ2v) is 8.07. The number of carbonyl (C=O) groups is 1. The highest BCUT2D eigenvalue weighted by molar-refractivity contribution is 6.42. The molecule has 0 bridgehead atoms. The van der Waals surface area contributed by atoms with Crippen molar-refractivity contribution in [3.63, 3.8) is 0 Å². The summed E-state index contributed by atoms with van der Waals surface area (Å²) in [6.07, 6.45) is 2.21. The molecule has 1 saturated heterocycles. The van der Waals surface area contributed by atoms with Crippen molar-refractivity contribution in [1.82, 2.24) is 4.90 Å². The van der Waals surface area contributed by atoms with E-state index >= 15 is 0 Å². The number of benzene rings is 2. The van der Waals surface area contributed by atoms with Crippen LogP contribution in [-0.4, -0.2) is 35.4 Å². The van der Waals surface area contributed by atoms with Gasteiger partial charge in [-0.05, 0) is 61.7 Å². The fourth-order valence-electron chi connectivity index (χ4n) is 3.61. The summed E-state index contributed by atoms with van der Waals surface area (Å²) < 4.78 is 13.1. The maximum absolute atomic E-state index is 13.1. The molecule has 1 heterocycles. The number of likely N-dealkylation sites (tertiary alicyclic amines) is 1. The van der Waals surface area contributed by atoms with E-state index in [9.17, 15) is 14.3 Å². The molecule has 0 spiro atoms. The van der Waals surface area contributed by atoms with Gasteiger partial charge in [-0.3, -0.25) is 4.79 Å². The minimum Gasteiger partial charge on any atom is -0.398 e. The quantitative estimate of drug-likeness (QED) is 0.522. The van der Waals surface area contributed by atoms with Crippen LogP contribution in [0.25, 0.3) is 0 Å². The summed E-state index contributed by atoms with van der Waals surface area (Å²) in [6, 6.07) is 9.10. The van der Waals surface area contributed by atoms with Crippen LogP contribution in [0.4, 0.5) is 10.1 Å². The van der Waals surface area contributed by atoms with Crippen molar-refractivity contribution in [2.24, 2.45) is 0 Å². The third-order valence-corrected chi connectivity index (χ3v) is 6.07. The smallest absolute Gasteiger partial charge is 0.164 e. The standard InChI is InChI=1S/C21H23Cl2FN2O2/c22-17-6-3-14(12-18(17)23)21(28)7-10-26(11-8-21)9-1-2-20(27)16-5-4-15(24)13-19(16)25/h3-6,12-13,28H,1-2,7-11,25H2. The zero-order chi connectivity index (χ0) is 20.3. The molecule has 0 radical (unpaired) electrons. The molecule has 0 amide bonds. The van der Waals surface area contributed by atoms with Crippen molar-refractivity contribution in [2.45, 2.75) is 31.3 Å². The first-order valence-electron chi connectivity index (χ1n) is 9.27. The summed E-state index contributed by atoms with van der Waals surface area (Å²) in [5.41, 5.74) is 6.14. The Labute approximate surface area is 174 Å². The molecule has 1 aliphatic rings. The molecule has 3 rings (SSSR count). The molecule has 28 heavy (non-hydrogen) atoms. The summed E-state index contributed by atoms with van der Waals surface area (Å²) in [4.78, 5) is 14.5. The zero-order valence-corrected chi connectivity index (χ0v) is 16.9. The van der Waals surface area contributed by atoms with E-state index in [0.29, 0.717) is 41.3 Å². The van der Waals surface area contributed by atoms with Gasteiger partial charge in [0.2, 0.25) is 0 Å². The van der Waals surface area contributed by atoms with Crippen LogP contribution in [0.3, 0.4) is 0 Å². The van der Waals surface area contributed by atoms with Crippen molar-refractivity contribution >= 4 is 34.7 Å². The van der Waals surface area contributed by atoms with Crippen LogP contribution in [-0.2, 0) is 5.60 Å². The Balaban J connectivity index is 1.49. The number of hydrogen-bond acceptors (Lipinski definition) is 4. The number of nitrogen functional groups attached to an aromatic ring is 1. The first-order valence-corrected chi connectivity index (χ1v) is 10.0. The molecule has 1 aliphatic heterocycles. The van der Waals surface area contributed by atoms with E-state index in [1.54, 1.807) is 12.1 Å². The first kappa shape index (κ1) is 21.1. The number of piperidine rings is 1. The monoisotopic (exact) mass is 424 g/mol. The molecule has 0 unspecified atom stereocenters. The molecule has 7 heteroatoms. The Kier molecular flexibility index (Phi) is 6.61. The predicted octanol–water partition coefficient (Wildman–Crippen LogP) is 4.66. The number of carbonyl (C=O) groups excluding carboxylic acids is 1. The van der Waals surface area contributed by atoms with Crippen LogP contribution in [0.1, 0.15) is 41.6 Å². The Morgan fingerprint density at radius 1 is 1.14 bits per heavy atom. The topological polar surface area (TPSA) is 66.6 Å². The molecule has 0 aliphatic carbocycles. The maximum atomic E-state index is 13.1. The van der Waals surface area contributed by atoms with Crippen molar-refractivity contribution in [2.75, 3.05) is 25.4 Å². The van der Waals surface area contributed by atoms with Gasteiger partial charge in [0.1, 0.15) is 5.82 Å². The van der Waals surface area contributed by atoms with Gasteiger partial charge in [-0.1, -0.05) is 29.3 Å². The average molecular weight is 425 g/mol. The van der Waals surface area contributed by atoms with E-state index in [0.717, 1.165) is 25.2 Å². The largest absolute Gasteiger partial charge is 0.398 e. The molecule has 0 saturated carbocycles. The zero-order valence-electron chi connectivity index (χ0n) is 15.4. The Hall–Kier alpha value is -1.66. The van der Waals surface area contributed by atoms with Gasteiger partial charge < -0.3 is 15.7 Å². The molecule has 4 nitrogen and oxygen atoms in total. The summed E-state index contributed by atoms with van der Waals surface area (Å²) in [7, 11) is 0. The Morgan fingerprint density at radius 3 is 2.50 bits per heavy atom. The first-order chi connectivity index (χ1) is 13.3. The third-order valence-electron chi connectivity index (χ3n) is 5.33. The molecule has 2 aromatic carbocycles. The minimum absolute atomic E-state index is 0.0816. The highest BCUT2D eigenvalue weighted by atomic mass is 35.5. The van der Waals surface area contributed by atoms with Crippen LogP contribution in [0, 0.1) is 5.82 Å². The fraction of sp³-hybridized carbons (Fsp3) is 0.381. The number of nitrogens with zero attached hydrogens (tertiary/aromatic N) is 1. The van der Waals surface area contributed by atoms with Crippen LogP contribution in [0.2, 0.25) is 10.0 Å². The van der Waals surface area contributed by atoms with Gasteiger partial charge in [0.25, 0.3) is 0 Å². The maximum Gasteiger partial charge on any atom is 0.164 e. The molecule has 3 N–H and O–H groups in total. The van der Waals surface area contributed by atoms with E-state index in [4.69, 9.17) is 28.9 Å². The number of Topliss-reactive ketones (excluding diaryl/α,β-unsaturated/α-hetero) is 1. The number of nitrogens with two attached hydrogens (primary N) is 1. The van der Waals surface area contributed by atoms with Gasteiger partial charge in [-0.2, -0.15) is 0 Å². The molecule has 0 atom stereocenters. The van der Waals surface area contributed by atoms with Crippen LogP contribution in [0.5, 0.6) is 0 Å². The van der Waals surface area contributed by atoms with Crippen LogP contribution >= 0.6 is 23.2 Å². The Morgan fingerprint density at radius 2 is 1.86 bits per heavy atom. The number of anilines is 1. The average Bonchev–Trinajstić information content (AvgIpc) is 2.65. The van der Waals surface area contributed by atoms with E-state index in [-0.39, 0.29) is 11.5 Å². The van der Waals surface area contributed by atoms with Gasteiger partial charge in [-0.15, -0.1) is 0 Å². The van der Waals surface area contributed by atoms with Crippen molar-refractivity contribution in [3.8, 4) is 0 Å². The van der Waals surface area contributed by atoms with Crippen molar-refractivity contribution in [3.05, 3.63) is 63.4 Å².